The Balaban J connectivity index is 4.04. The summed E-state index contributed by atoms with van der Waals surface area (Å²) >= 11 is 0. The standard InChI is InChI=1S/C32H56N6O15/c1-3-4-11-34-28(42)20-52-18-17-51-15-13-36-29(43)21-53-19-16-50-14-12-35-25(39)8-6-23(31(46)47)37-27(41)10-7-24(32(48)49)38-26(40)9-5-22(33-2)30(44)45/h22-24,33H,3-21H2,1-2H3,(H,34,42)(H,35,39)(H,36,43)(H,37,41)(H,38,40)(H,44,45)(H,46,47)(H,48,49)/t22-,23?,24-/m0/s1. The van der Waals surface area contributed by atoms with Gasteiger partial charge >= 0.3 is 17.9 Å². The average molecular weight is 765 g/mol. The summed E-state index contributed by atoms with van der Waals surface area (Å²) in [5, 5.41) is 42.7. The molecule has 0 aliphatic carbocycles. The Bertz CT molecular complexity index is 1140. The number of carbonyl (C=O) groups excluding carboxylic acids is 5. The number of aliphatic carboxylic acids is 3. The molecule has 0 aromatic heterocycles. The highest BCUT2D eigenvalue weighted by molar-refractivity contribution is 5.86. The van der Waals surface area contributed by atoms with Crippen molar-refractivity contribution in [2.75, 3.05) is 79.5 Å². The molecular formula is C32H56N6O15. The molecule has 21 heteroatoms. The van der Waals surface area contributed by atoms with Gasteiger partial charge in [0.05, 0.1) is 39.6 Å². The van der Waals surface area contributed by atoms with Gasteiger partial charge < -0.3 is 66.2 Å². The van der Waals surface area contributed by atoms with Crippen molar-refractivity contribution in [2.24, 2.45) is 0 Å². The number of amides is 5. The van der Waals surface area contributed by atoms with E-state index in [1.807, 2.05) is 6.92 Å². The third-order valence-electron chi connectivity index (χ3n) is 7.09. The van der Waals surface area contributed by atoms with Crippen LogP contribution in [0.3, 0.4) is 0 Å². The lowest BCUT2D eigenvalue weighted by Crippen LogP contribution is -2.44. The van der Waals surface area contributed by atoms with Crippen LogP contribution in [0.5, 0.6) is 0 Å². The van der Waals surface area contributed by atoms with Crippen LogP contribution < -0.4 is 31.9 Å². The molecule has 0 heterocycles. The molecule has 0 fully saturated rings. The lowest BCUT2D eigenvalue weighted by molar-refractivity contribution is -0.143. The maximum absolute atomic E-state index is 12.3. The van der Waals surface area contributed by atoms with Crippen molar-refractivity contribution in [1.29, 1.82) is 0 Å². The monoisotopic (exact) mass is 764 g/mol. The molecule has 9 N–H and O–H groups in total. The summed E-state index contributed by atoms with van der Waals surface area (Å²) in [7, 11) is 1.40. The summed E-state index contributed by atoms with van der Waals surface area (Å²) in [6, 6.07) is -3.90. The zero-order valence-corrected chi connectivity index (χ0v) is 30.4. The maximum Gasteiger partial charge on any atom is 0.326 e. The minimum atomic E-state index is -1.47. The SMILES string of the molecule is CCCCNC(=O)COCCOCCNC(=O)COCCOCCNC(=O)CCC(NC(=O)CC[C@H](NC(=O)CC[C@H](NC)C(=O)O)C(=O)O)C(=O)O. The molecule has 53 heavy (non-hydrogen) atoms. The van der Waals surface area contributed by atoms with Crippen LogP contribution in [-0.2, 0) is 57.3 Å². The summed E-state index contributed by atoms with van der Waals surface area (Å²) in [6.45, 7) is 3.95. The highest BCUT2D eigenvalue weighted by Gasteiger charge is 2.25. The van der Waals surface area contributed by atoms with Gasteiger partial charge in [-0.25, -0.2) is 9.59 Å². The van der Waals surface area contributed by atoms with Gasteiger partial charge in [0.1, 0.15) is 31.3 Å². The quantitative estimate of drug-likeness (QED) is 0.0302. The van der Waals surface area contributed by atoms with Crippen LogP contribution in [0.4, 0.5) is 0 Å². The Morgan fingerprint density at radius 1 is 0.491 bits per heavy atom. The van der Waals surface area contributed by atoms with Gasteiger partial charge in [-0.2, -0.15) is 0 Å². The van der Waals surface area contributed by atoms with E-state index >= 15 is 0 Å². The molecule has 0 aromatic carbocycles. The number of hydrogen-bond donors (Lipinski definition) is 9. The summed E-state index contributed by atoms with van der Waals surface area (Å²) in [5.74, 6) is -6.57. The van der Waals surface area contributed by atoms with Crippen LogP contribution in [0.25, 0.3) is 0 Å². The summed E-state index contributed by atoms with van der Waals surface area (Å²) in [6.07, 6.45) is 0.232. The van der Waals surface area contributed by atoms with Gasteiger partial charge in [0.15, 0.2) is 0 Å². The Labute approximate surface area is 307 Å². The lowest BCUT2D eigenvalue weighted by Gasteiger charge is -2.17. The molecule has 0 radical (unpaired) electrons. The zero-order valence-electron chi connectivity index (χ0n) is 30.4. The molecule has 5 amide bonds. The number of carboxylic acid groups (broad SMARTS) is 3. The fourth-order valence-corrected chi connectivity index (χ4v) is 4.16. The minimum absolute atomic E-state index is 0.0350. The van der Waals surface area contributed by atoms with Gasteiger partial charge in [0.2, 0.25) is 29.5 Å². The van der Waals surface area contributed by atoms with E-state index in [9.17, 15) is 48.6 Å². The Morgan fingerprint density at radius 2 is 0.868 bits per heavy atom. The number of likely N-dealkylation sites (N-methyl/N-ethyl adjacent to an activating group) is 1. The molecular weight excluding hydrogens is 708 g/mol. The number of hydrogen-bond acceptors (Lipinski definition) is 13. The van der Waals surface area contributed by atoms with Gasteiger partial charge in [-0.15, -0.1) is 0 Å². The molecule has 0 aliphatic heterocycles. The number of ether oxygens (including phenoxy) is 4. The normalized spacial score (nSPS) is 12.5. The second kappa shape index (κ2) is 31.1. The van der Waals surface area contributed by atoms with Gasteiger partial charge in [-0.3, -0.25) is 28.8 Å². The van der Waals surface area contributed by atoms with Crippen molar-refractivity contribution in [3.8, 4) is 0 Å². The van der Waals surface area contributed by atoms with Crippen molar-refractivity contribution in [3.63, 3.8) is 0 Å². The van der Waals surface area contributed by atoms with Crippen LogP contribution in [0, 0.1) is 0 Å². The van der Waals surface area contributed by atoms with E-state index in [2.05, 4.69) is 31.9 Å². The van der Waals surface area contributed by atoms with Crippen molar-refractivity contribution in [1.82, 2.24) is 31.9 Å². The third-order valence-corrected chi connectivity index (χ3v) is 7.09. The molecule has 0 rings (SSSR count). The van der Waals surface area contributed by atoms with E-state index in [1.165, 1.54) is 7.05 Å². The Morgan fingerprint density at radius 3 is 1.28 bits per heavy atom. The first-order valence-electron chi connectivity index (χ1n) is 17.4. The molecule has 0 saturated carbocycles. The second-order valence-electron chi connectivity index (χ2n) is 11.4. The number of nitrogens with one attached hydrogen (secondary N) is 6. The molecule has 1 unspecified atom stereocenters. The topological polar surface area (TPSA) is 306 Å². The number of carboxylic acids is 3. The van der Waals surface area contributed by atoms with Gasteiger partial charge in [-0.05, 0) is 32.7 Å². The second-order valence-corrected chi connectivity index (χ2v) is 11.4. The van der Waals surface area contributed by atoms with E-state index in [1.54, 1.807) is 0 Å². The molecule has 0 aromatic rings. The van der Waals surface area contributed by atoms with E-state index in [0.717, 1.165) is 12.8 Å². The highest BCUT2D eigenvalue weighted by atomic mass is 16.5. The Hall–Kier alpha value is -4.44. The third kappa shape index (κ3) is 27.8. The van der Waals surface area contributed by atoms with E-state index in [4.69, 9.17) is 24.1 Å². The predicted molar refractivity (Wildman–Crippen MR) is 185 cm³/mol. The van der Waals surface area contributed by atoms with Crippen molar-refractivity contribution < 1.29 is 72.6 Å². The minimum Gasteiger partial charge on any atom is -0.480 e. The molecule has 21 nitrogen and oxygen atoms in total. The maximum atomic E-state index is 12.3. The summed E-state index contributed by atoms with van der Waals surface area (Å²) < 4.78 is 21.1. The first kappa shape index (κ1) is 48.6. The highest BCUT2D eigenvalue weighted by Crippen LogP contribution is 2.04. The van der Waals surface area contributed by atoms with Crippen molar-refractivity contribution in [2.45, 2.75) is 76.4 Å². The summed E-state index contributed by atoms with van der Waals surface area (Å²) in [4.78, 5) is 94.0. The van der Waals surface area contributed by atoms with Crippen LogP contribution in [0.1, 0.15) is 58.3 Å². The predicted octanol–water partition coefficient (Wildman–Crippen LogP) is -2.65. The first-order valence-corrected chi connectivity index (χ1v) is 17.4. The molecule has 3 atom stereocenters. The smallest absolute Gasteiger partial charge is 0.326 e. The van der Waals surface area contributed by atoms with Gasteiger partial charge in [-0.1, -0.05) is 13.3 Å². The van der Waals surface area contributed by atoms with Crippen LogP contribution in [0.15, 0.2) is 0 Å². The largest absolute Gasteiger partial charge is 0.480 e. The van der Waals surface area contributed by atoms with Gasteiger partial charge in [0.25, 0.3) is 0 Å². The van der Waals surface area contributed by atoms with Gasteiger partial charge in [0, 0.05) is 38.9 Å². The number of unbranched alkanes of at least 4 members (excludes halogenated alkanes) is 1. The van der Waals surface area contributed by atoms with E-state index in [0.29, 0.717) is 6.54 Å². The fraction of sp³-hybridized carbons (Fsp3) is 0.750. The molecule has 0 bridgehead atoms. The summed E-state index contributed by atoms with van der Waals surface area (Å²) in [5.41, 5.74) is 0. The van der Waals surface area contributed by atoms with Crippen molar-refractivity contribution in [3.05, 3.63) is 0 Å². The van der Waals surface area contributed by atoms with Crippen LogP contribution in [0.2, 0.25) is 0 Å². The van der Waals surface area contributed by atoms with E-state index < -0.39 is 60.2 Å². The van der Waals surface area contributed by atoms with Crippen LogP contribution >= 0.6 is 0 Å². The number of carbonyl (C=O) groups is 8. The van der Waals surface area contributed by atoms with Crippen molar-refractivity contribution >= 4 is 47.4 Å². The molecule has 0 spiro atoms. The Kier molecular flexibility index (Phi) is 28.5. The van der Waals surface area contributed by atoms with E-state index in [-0.39, 0.29) is 110 Å². The average Bonchev–Trinajstić information content (AvgIpc) is 3.10. The molecule has 304 valence electrons. The fourth-order valence-electron chi connectivity index (χ4n) is 4.16. The molecule has 0 aliphatic rings. The zero-order chi connectivity index (χ0) is 39.9. The molecule has 0 saturated heterocycles. The first-order chi connectivity index (χ1) is 25.3. The number of rotatable bonds is 34. The van der Waals surface area contributed by atoms with Crippen LogP contribution in [-0.4, -0.2) is 160 Å². The lowest BCUT2D eigenvalue weighted by atomic mass is 10.1.